The summed E-state index contributed by atoms with van der Waals surface area (Å²) in [7, 11) is 0. The van der Waals surface area contributed by atoms with Crippen LogP contribution in [0.15, 0.2) is 53.1 Å². The van der Waals surface area contributed by atoms with E-state index in [2.05, 4.69) is 10.1 Å². The first-order valence-electron chi connectivity index (χ1n) is 7.13. The number of aliphatic carboxylic acids is 1. The van der Waals surface area contributed by atoms with E-state index in [1.807, 2.05) is 30.3 Å². The van der Waals surface area contributed by atoms with Crippen LogP contribution >= 0.6 is 11.6 Å². The van der Waals surface area contributed by atoms with Crippen LogP contribution in [0, 0.1) is 0 Å². The van der Waals surface area contributed by atoms with Gasteiger partial charge in [-0.15, -0.1) is 0 Å². The number of benzene rings is 2. The van der Waals surface area contributed by atoms with Gasteiger partial charge in [-0.2, -0.15) is 4.98 Å². The Balaban J connectivity index is 1.65. The van der Waals surface area contributed by atoms with E-state index in [9.17, 15) is 4.79 Å². The zero-order valence-corrected chi connectivity index (χ0v) is 13.2. The van der Waals surface area contributed by atoms with E-state index in [1.165, 1.54) is 0 Å². The number of carboxylic acids is 1. The normalized spacial score (nSPS) is 10.5. The van der Waals surface area contributed by atoms with Crippen LogP contribution in [0.3, 0.4) is 0 Å². The Bertz CT molecular complexity index is 849. The van der Waals surface area contributed by atoms with Gasteiger partial charge in [0, 0.05) is 10.6 Å². The van der Waals surface area contributed by atoms with Crippen LogP contribution in [-0.4, -0.2) is 21.2 Å². The number of ether oxygens (including phenoxy) is 1. The first kappa shape index (κ1) is 16.0. The zero-order valence-electron chi connectivity index (χ0n) is 12.5. The lowest BCUT2D eigenvalue weighted by atomic mass is 10.1. The maximum atomic E-state index is 10.7. The average Bonchev–Trinajstić information content (AvgIpc) is 3.05. The van der Waals surface area contributed by atoms with Crippen molar-refractivity contribution in [1.82, 2.24) is 10.1 Å². The number of carboxylic acid groups (broad SMARTS) is 1. The summed E-state index contributed by atoms with van der Waals surface area (Å²) < 4.78 is 10.7. The predicted octanol–water partition coefficient (Wildman–Crippen LogP) is 3.60. The Labute approximate surface area is 142 Å². The lowest BCUT2D eigenvalue weighted by molar-refractivity contribution is -0.136. The molecule has 7 heteroatoms. The van der Waals surface area contributed by atoms with Gasteiger partial charge >= 0.3 is 5.97 Å². The van der Waals surface area contributed by atoms with Crippen LogP contribution in [0.1, 0.15) is 11.5 Å². The monoisotopic (exact) mass is 344 g/mol. The van der Waals surface area contributed by atoms with Crippen molar-refractivity contribution in [2.45, 2.75) is 13.0 Å². The van der Waals surface area contributed by atoms with Crippen molar-refractivity contribution in [3.8, 4) is 17.1 Å². The molecular formula is C17H13ClN2O4. The first-order chi connectivity index (χ1) is 11.6. The zero-order chi connectivity index (χ0) is 16.9. The quantitative estimate of drug-likeness (QED) is 0.735. The fourth-order valence-corrected chi connectivity index (χ4v) is 2.32. The highest BCUT2D eigenvalue weighted by Crippen LogP contribution is 2.24. The summed E-state index contributed by atoms with van der Waals surface area (Å²) in [5.41, 5.74) is 1.38. The fraction of sp³-hybridized carbons (Fsp3) is 0.118. The second-order valence-electron chi connectivity index (χ2n) is 4.99. The van der Waals surface area contributed by atoms with Crippen molar-refractivity contribution in [1.29, 1.82) is 0 Å². The molecule has 0 amide bonds. The van der Waals surface area contributed by atoms with Crippen LogP contribution in [0.25, 0.3) is 11.4 Å². The van der Waals surface area contributed by atoms with Gasteiger partial charge in [0.05, 0.1) is 6.42 Å². The van der Waals surface area contributed by atoms with E-state index in [0.29, 0.717) is 28.1 Å². The van der Waals surface area contributed by atoms with Crippen molar-refractivity contribution in [2.75, 3.05) is 0 Å². The molecule has 2 aromatic carbocycles. The third-order valence-electron chi connectivity index (χ3n) is 3.23. The van der Waals surface area contributed by atoms with Crippen molar-refractivity contribution < 1.29 is 19.2 Å². The van der Waals surface area contributed by atoms with Gasteiger partial charge in [0.25, 0.3) is 5.89 Å². The molecule has 1 N–H and O–H groups in total. The number of hydrogen-bond donors (Lipinski definition) is 1. The van der Waals surface area contributed by atoms with Crippen LogP contribution < -0.4 is 4.74 Å². The van der Waals surface area contributed by atoms with Gasteiger partial charge in [-0.05, 0) is 17.7 Å². The summed E-state index contributed by atoms with van der Waals surface area (Å²) in [6.07, 6.45) is -0.136. The standard InChI is InChI=1S/C17H13ClN2O4/c18-14-9-13(7-6-12(14)8-16(21)22)23-10-15-19-17(20-24-15)11-4-2-1-3-5-11/h1-7,9H,8,10H2,(H,21,22). The van der Waals surface area contributed by atoms with Crippen molar-refractivity contribution in [3.05, 3.63) is 65.0 Å². The van der Waals surface area contributed by atoms with Crippen molar-refractivity contribution in [2.24, 2.45) is 0 Å². The molecule has 24 heavy (non-hydrogen) atoms. The largest absolute Gasteiger partial charge is 0.484 e. The molecular weight excluding hydrogens is 332 g/mol. The third kappa shape index (κ3) is 3.91. The van der Waals surface area contributed by atoms with Gasteiger partial charge < -0.3 is 14.4 Å². The summed E-state index contributed by atoms with van der Waals surface area (Å²) in [6.45, 7) is 0.0917. The maximum Gasteiger partial charge on any atom is 0.307 e. The summed E-state index contributed by atoms with van der Waals surface area (Å²) in [6, 6.07) is 14.3. The van der Waals surface area contributed by atoms with Crippen LogP contribution in [-0.2, 0) is 17.8 Å². The summed E-state index contributed by atoms with van der Waals surface area (Å²) in [4.78, 5) is 15.0. The Hall–Kier alpha value is -2.86. The summed E-state index contributed by atoms with van der Waals surface area (Å²) >= 11 is 6.04. The Morgan fingerprint density at radius 3 is 2.71 bits per heavy atom. The number of hydrogen-bond acceptors (Lipinski definition) is 5. The second-order valence-corrected chi connectivity index (χ2v) is 5.40. The third-order valence-corrected chi connectivity index (χ3v) is 3.58. The molecule has 0 aliphatic carbocycles. The molecule has 3 rings (SSSR count). The molecule has 0 saturated heterocycles. The van der Waals surface area contributed by atoms with Gasteiger partial charge in [0.15, 0.2) is 6.61 Å². The van der Waals surface area contributed by atoms with Gasteiger partial charge in [-0.3, -0.25) is 4.79 Å². The van der Waals surface area contributed by atoms with E-state index in [1.54, 1.807) is 18.2 Å². The van der Waals surface area contributed by atoms with E-state index in [-0.39, 0.29) is 13.0 Å². The highest BCUT2D eigenvalue weighted by molar-refractivity contribution is 6.31. The molecule has 0 atom stereocenters. The molecule has 0 radical (unpaired) electrons. The number of aromatic nitrogens is 2. The van der Waals surface area contributed by atoms with E-state index in [0.717, 1.165) is 5.56 Å². The molecule has 6 nitrogen and oxygen atoms in total. The minimum Gasteiger partial charge on any atom is -0.484 e. The molecule has 0 saturated carbocycles. The highest BCUT2D eigenvalue weighted by Gasteiger charge is 2.10. The minimum atomic E-state index is -0.940. The van der Waals surface area contributed by atoms with Crippen LogP contribution in [0.5, 0.6) is 5.75 Å². The smallest absolute Gasteiger partial charge is 0.307 e. The van der Waals surface area contributed by atoms with Crippen LogP contribution in [0.2, 0.25) is 5.02 Å². The van der Waals surface area contributed by atoms with Gasteiger partial charge in [-0.1, -0.05) is 53.2 Å². The molecule has 0 spiro atoms. The Morgan fingerprint density at radius 1 is 1.21 bits per heavy atom. The molecule has 1 heterocycles. The molecule has 1 aromatic heterocycles. The molecule has 0 bridgehead atoms. The lowest BCUT2D eigenvalue weighted by Gasteiger charge is -2.06. The number of carbonyl (C=O) groups is 1. The maximum absolute atomic E-state index is 10.7. The van der Waals surface area contributed by atoms with Crippen molar-refractivity contribution >= 4 is 17.6 Å². The first-order valence-corrected chi connectivity index (χ1v) is 7.50. The number of nitrogens with zero attached hydrogens (tertiary/aromatic N) is 2. The van der Waals surface area contributed by atoms with Gasteiger partial charge in [0.1, 0.15) is 5.75 Å². The van der Waals surface area contributed by atoms with Crippen LogP contribution in [0.4, 0.5) is 0 Å². The minimum absolute atomic E-state index is 0.0917. The molecule has 0 aliphatic rings. The SMILES string of the molecule is O=C(O)Cc1ccc(OCc2nc(-c3ccccc3)no2)cc1Cl. The van der Waals surface area contributed by atoms with Gasteiger partial charge in [-0.25, -0.2) is 0 Å². The average molecular weight is 345 g/mol. The molecule has 122 valence electrons. The van der Waals surface area contributed by atoms with E-state index >= 15 is 0 Å². The second kappa shape index (κ2) is 7.14. The summed E-state index contributed by atoms with van der Waals surface area (Å²) in [5, 5.41) is 13.0. The highest BCUT2D eigenvalue weighted by atomic mass is 35.5. The van der Waals surface area contributed by atoms with Crippen molar-refractivity contribution in [3.63, 3.8) is 0 Å². The predicted molar refractivity (Wildman–Crippen MR) is 86.9 cm³/mol. The molecule has 3 aromatic rings. The van der Waals surface area contributed by atoms with E-state index in [4.69, 9.17) is 26.0 Å². The summed E-state index contributed by atoms with van der Waals surface area (Å²) in [5.74, 6) is 0.377. The molecule has 0 fully saturated rings. The Morgan fingerprint density at radius 2 is 2.00 bits per heavy atom. The van der Waals surface area contributed by atoms with E-state index < -0.39 is 5.97 Å². The lowest BCUT2D eigenvalue weighted by Crippen LogP contribution is -2.01. The fourth-order valence-electron chi connectivity index (χ4n) is 2.09. The number of rotatable bonds is 6. The Kier molecular flexibility index (Phi) is 4.77. The van der Waals surface area contributed by atoms with Gasteiger partial charge in [0.2, 0.25) is 5.82 Å². The molecule has 0 aliphatic heterocycles. The number of halogens is 1. The molecule has 0 unspecified atom stereocenters. The topological polar surface area (TPSA) is 85.5 Å².